The molecule has 2 amide bonds. The Morgan fingerprint density at radius 1 is 0.935 bits per heavy atom. The summed E-state index contributed by atoms with van der Waals surface area (Å²) < 4.78 is 36.3. The number of ether oxygens (including phenoxy) is 6. The predicted octanol–water partition coefficient (Wildman–Crippen LogP) is 7.10. The van der Waals surface area contributed by atoms with Crippen LogP contribution in [0.5, 0.6) is 0 Å². The zero-order valence-corrected chi connectivity index (χ0v) is 27.6. The summed E-state index contributed by atoms with van der Waals surface area (Å²) in [6.45, 7) is 10.3. The highest BCUT2D eigenvalue weighted by atomic mass is 35.5. The molecule has 0 aliphatic carbocycles. The summed E-state index contributed by atoms with van der Waals surface area (Å²) in [5.41, 5.74) is 0.917. The van der Waals surface area contributed by atoms with Crippen LogP contribution in [0.25, 0.3) is 0 Å². The topological polar surface area (TPSA) is 157 Å². The number of hydrogen-bond donors (Lipinski definition) is 2. The van der Waals surface area contributed by atoms with Crippen LogP contribution < -0.4 is 10.6 Å². The van der Waals surface area contributed by atoms with Crippen LogP contribution in [0, 0.1) is 23.0 Å². The summed E-state index contributed by atoms with van der Waals surface area (Å²) in [4.78, 5) is 36.8. The second-order valence-electron chi connectivity index (χ2n) is 11.3. The van der Waals surface area contributed by atoms with Gasteiger partial charge in [0.2, 0.25) is 0 Å². The lowest BCUT2D eigenvalue weighted by molar-refractivity contribution is -0.385. The first kappa shape index (κ1) is 37.0. The monoisotopic (exact) mass is 665 g/mol. The Morgan fingerprint density at radius 3 is 2.26 bits per heavy atom. The third-order valence-electron chi connectivity index (χ3n) is 6.87. The number of nitro groups is 1. The fourth-order valence-corrected chi connectivity index (χ4v) is 4.69. The Morgan fingerprint density at radius 2 is 1.61 bits per heavy atom. The first-order valence-corrected chi connectivity index (χ1v) is 15.8. The number of nitro benzene ring substituents is 1. The molecule has 0 aromatic heterocycles. The number of anilines is 2. The van der Waals surface area contributed by atoms with Crippen molar-refractivity contribution in [3.8, 4) is 0 Å². The molecule has 2 aromatic rings. The Balaban J connectivity index is 1.86. The lowest BCUT2D eigenvalue weighted by Crippen LogP contribution is -2.62. The molecule has 14 heteroatoms. The molecule has 0 unspecified atom stereocenters. The standard InChI is InChI=1S/C32H44ClN3O10/c1-6-8-16-42-29-28(41-15-7-2)27(46-32(38)34-23-13-10-22(33)11-14-23)26(45-30(29)43-18-20(3)4)19-44-31(37)35-24-12-9-21(5)25(17-24)36(39)40/h9-14,17,20,26-30H,6-8,15-16,18-19H2,1-5H3,(H,34,38)(H,35,37)/t26-,27-,28+,29-,30-/m1/s1. The number of rotatable bonds is 16. The number of halogens is 1. The highest BCUT2D eigenvalue weighted by molar-refractivity contribution is 6.30. The number of carbonyl (C=O) groups is 2. The van der Waals surface area contributed by atoms with Gasteiger partial charge in [-0.15, -0.1) is 0 Å². The van der Waals surface area contributed by atoms with Crippen molar-refractivity contribution in [1.82, 2.24) is 0 Å². The van der Waals surface area contributed by atoms with Crippen LogP contribution in [-0.2, 0) is 28.4 Å². The van der Waals surface area contributed by atoms with Crippen molar-refractivity contribution in [2.75, 3.05) is 37.1 Å². The number of benzene rings is 2. The van der Waals surface area contributed by atoms with Crippen LogP contribution in [0.15, 0.2) is 42.5 Å². The first-order valence-electron chi connectivity index (χ1n) is 15.4. The highest BCUT2D eigenvalue weighted by Crippen LogP contribution is 2.31. The molecule has 1 heterocycles. The molecular weight excluding hydrogens is 622 g/mol. The van der Waals surface area contributed by atoms with E-state index in [1.54, 1.807) is 31.2 Å². The minimum Gasteiger partial charge on any atom is -0.446 e. The Labute approximate surface area is 274 Å². The van der Waals surface area contributed by atoms with Crippen molar-refractivity contribution in [1.29, 1.82) is 0 Å². The third-order valence-corrected chi connectivity index (χ3v) is 7.12. The van der Waals surface area contributed by atoms with Crippen molar-refractivity contribution >= 4 is 40.8 Å². The number of hydrogen-bond acceptors (Lipinski definition) is 10. The molecule has 0 bridgehead atoms. The van der Waals surface area contributed by atoms with Gasteiger partial charge in [0.15, 0.2) is 12.4 Å². The fraction of sp³-hybridized carbons (Fsp3) is 0.562. The largest absolute Gasteiger partial charge is 0.446 e. The number of nitrogens with zero attached hydrogens (tertiary/aromatic N) is 1. The van der Waals surface area contributed by atoms with E-state index in [-0.39, 0.29) is 23.9 Å². The van der Waals surface area contributed by atoms with Gasteiger partial charge >= 0.3 is 12.2 Å². The molecule has 46 heavy (non-hydrogen) atoms. The Bertz CT molecular complexity index is 1280. The van der Waals surface area contributed by atoms with Gasteiger partial charge in [0.1, 0.15) is 24.9 Å². The van der Waals surface area contributed by atoms with Gasteiger partial charge in [-0.2, -0.15) is 0 Å². The van der Waals surface area contributed by atoms with Crippen molar-refractivity contribution in [3.63, 3.8) is 0 Å². The number of carbonyl (C=O) groups excluding carboxylic acids is 2. The van der Waals surface area contributed by atoms with Crippen LogP contribution in [0.1, 0.15) is 52.5 Å². The minimum atomic E-state index is -1.09. The summed E-state index contributed by atoms with van der Waals surface area (Å²) >= 11 is 5.98. The average molecular weight is 666 g/mol. The summed E-state index contributed by atoms with van der Waals surface area (Å²) in [5, 5.41) is 17.0. The van der Waals surface area contributed by atoms with Gasteiger partial charge in [0.25, 0.3) is 5.69 Å². The minimum absolute atomic E-state index is 0.149. The molecule has 2 aromatic carbocycles. The molecule has 0 radical (unpaired) electrons. The SMILES string of the molecule is CCCCO[C@H]1[C@H](OCC(C)C)O[C@H](COC(=O)Nc2ccc(C)c([N+](=O)[O-])c2)[C@@H](OC(=O)Nc2ccc(Cl)cc2)[C@@H]1OCCC. The number of unbranched alkanes of at least 4 members (excludes halogenated alkanes) is 1. The summed E-state index contributed by atoms with van der Waals surface area (Å²) in [7, 11) is 0. The normalized spacial score (nSPS) is 21.1. The molecule has 1 aliphatic rings. The molecule has 1 saturated heterocycles. The molecule has 2 N–H and O–H groups in total. The smallest absolute Gasteiger partial charge is 0.412 e. The van der Waals surface area contributed by atoms with Crippen LogP contribution >= 0.6 is 11.6 Å². The van der Waals surface area contributed by atoms with E-state index in [0.717, 1.165) is 12.8 Å². The molecule has 3 rings (SSSR count). The lowest BCUT2D eigenvalue weighted by Gasteiger charge is -2.45. The number of amides is 2. The van der Waals surface area contributed by atoms with Crippen LogP contribution in [0.3, 0.4) is 0 Å². The van der Waals surface area contributed by atoms with E-state index >= 15 is 0 Å². The average Bonchev–Trinajstić information content (AvgIpc) is 3.01. The maximum atomic E-state index is 13.2. The molecule has 1 aliphatic heterocycles. The van der Waals surface area contributed by atoms with Crippen molar-refractivity contribution < 1.29 is 42.9 Å². The van der Waals surface area contributed by atoms with Crippen molar-refractivity contribution in [2.24, 2.45) is 5.92 Å². The molecule has 254 valence electrons. The second kappa shape index (κ2) is 18.6. The van der Waals surface area contributed by atoms with E-state index in [9.17, 15) is 19.7 Å². The number of nitrogens with one attached hydrogen (secondary N) is 2. The summed E-state index contributed by atoms with van der Waals surface area (Å²) in [6.07, 6.45) is -3.97. The quantitative estimate of drug-likeness (QED) is 0.108. The third kappa shape index (κ3) is 11.4. The van der Waals surface area contributed by atoms with E-state index in [4.69, 9.17) is 40.0 Å². The Kier molecular flexibility index (Phi) is 15.0. The highest BCUT2D eigenvalue weighted by Gasteiger charge is 2.50. The first-order chi connectivity index (χ1) is 22.0. The molecule has 5 atom stereocenters. The van der Waals surface area contributed by atoms with Gasteiger partial charge in [0.05, 0.1) is 17.2 Å². The van der Waals surface area contributed by atoms with E-state index in [2.05, 4.69) is 10.6 Å². The van der Waals surface area contributed by atoms with Gasteiger partial charge in [-0.1, -0.05) is 51.8 Å². The molecule has 13 nitrogen and oxygen atoms in total. The van der Waals surface area contributed by atoms with Gasteiger partial charge in [0, 0.05) is 35.6 Å². The summed E-state index contributed by atoms with van der Waals surface area (Å²) in [6, 6.07) is 10.8. The predicted molar refractivity (Wildman–Crippen MR) is 172 cm³/mol. The van der Waals surface area contributed by atoms with E-state index in [1.807, 2.05) is 27.7 Å². The lowest BCUT2D eigenvalue weighted by atomic mass is 9.98. The summed E-state index contributed by atoms with van der Waals surface area (Å²) in [5.74, 6) is 0.174. The van der Waals surface area contributed by atoms with Crippen LogP contribution in [0.2, 0.25) is 5.02 Å². The van der Waals surface area contributed by atoms with E-state index < -0.39 is 47.8 Å². The zero-order valence-electron chi connectivity index (χ0n) is 26.9. The maximum absolute atomic E-state index is 13.2. The Hall–Kier alpha value is -3.49. The fourth-order valence-electron chi connectivity index (χ4n) is 4.56. The van der Waals surface area contributed by atoms with Gasteiger partial charge in [-0.05, 0) is 56.0 Å². The van der Waals surface area contributed by atoms with E-state index in [0.29, 0.717) is 42.5 Å². The zero-order chi connectivity index (χ0) is 33.6. The van der Waals surface area contributed by atoms with Gasteiger partial charge < -0.3 is 28.4 Å². The number of aryl methyl sites for hydroxylation is 1. The molecular formula is C32H44ClN3O10. The van der Waals surface area contributed by atoms with Crippen LogP contribution in [-0.4, -0.2) is 74.2 Å². The van der Waals surface area contributed by atoms with Gasteiger partial charge in [-0.3, -0.25) is 20.7 Å². The van der Waals surface area contributed by atoms with Gasteiger partial charge in [-0.25, -0.2) is 9.59 Å². The molecule has 0 spiro atoms. The molecule has 1 fully saturated rings. The van der Waals surface area contributed by atoms with Crippen molar-refractivity contribution in [3.05, 3.63) is 63.2 Å². The van der Waals surface area contributed by atoms with Crippen molar-refractivity contribution in [2.45, 2.75) is 84.6 Å². The second-order valence-corrected chi connectivity index (χ2v) is 11.7. The van der Waals surface area contributed by atoms with E-state index in [1.165, 1.54) is 18.2 Å². The maximum Gasteiger partial charge on any atom is 0.412 e. The molecule has 0 saturated carbocycles. The van der Waals surface area contributed by atoms with Crippen LogP contribution in [0.4, 0.5) is 26.7 Å².